The van der Waals surface area contributed by atoms with Crippen molar-refractivity contribution in [1.29, 1.82) is 0 Å². The number of rotatable bonds is 9. The highest BCUT2D eigenvalue weighted by atomic mass is 32.1. The SMILES string of the molecule is c1ccc(-c2nc(-c3ccc4c(c3)sc3cc(-c5ccc6c(c5)oc5c(-c7ccc8sc9c(-c%10nc(-c%11ccccc%11)nc(-c%11cccc%12c%11sc%11ccccc%11%12)n%10)cccc9c8c7)cccc56)ccc34)nc(-c3cccc4c3sc3ccc(-c5cccc6c5oc5ccccc56)cc34)n2)cc1. The molecule has 8 nitrogen and oxygen atoms in total. The van der Waals surface area contributed by atoms with Crippen LogP contribution >= 0.6 is 45.3 Å². The Morgan fingerprint density at radius 1 is 0.186 bits per heavy atom. The molecule has 0 fully saturated rings. The molecule has 0 amide bonds. The van der Waals surface area contributed by atoms with Crippen molar-refractivity contribution < 1.29 is 8.83 Å². The minimum absolute atomic E-state index is 0.622. The standard InChI is InChI=1S/C90H48N6O2S4/c1-3-16-49(17-4-1)85-91-87(95-88(92-85)69-30-14-27-66-71-44-53(37-42-76(71)101-83(66)69)56-22-11-24-63-58-20-7-9-32-73(58)97-80(56)63)55-36-41-62-61-40-35-52(47-78(61)99-79(62)48-55)51-34-39-59-64-25-12-23-57(81(64)98-74(59)46-51)54-38-43-77-72(45-54)67-28-15-31-70(84(67)102-77)90-94-86(50-18-5-2-6-19-50)93-89(96-90)68-29-13-26-65-60-21-8-10-33-75(60)100-82(65)68/h1-48H. The number of aromatic nitrogens is 6. The highest BCUT2D eigenvalue weighted by Crippen LogP contribution is 2.48. The minimum Gasteiger partial charge on any atom is -0.455 e. The maximum absolute atomic E-state index is 7.00. The van der Waals surface area contributed by atoms with Crippen LogP contribution in [-0.2, 0) is 0 Å². The van der Waals surface area contributed by atoms with Gasteiger partial charge in [0.1, 0.15) is 22.3 Å². The molecule has 12 heteroatoms. The second kappa shape index (κ2) is 22.5. The largest absolute Gasteiger partial charge is 0.455 e. The number of furan rings is 2. The molecule has 8 heterocycles. The van der Waals surface area contributed by atoms with Gasteiger partial charge in [0, 0.05) is 147 Å². The number of fused-ring (bicyclic) bond motifs is 18. The summed E-state index contributed by atoms with van der Waals surface area (Å²) in [6, 6.07) is 103. The molecule has 22 rings (SSSR count). The van der Waals surface area contributed by atoms with Crippen LogP contribution in [0.2, 0.25) is 0 Å². The average Bonchev–Trinajstić information content (AvgIpc) is 1.58. The van der Waals surface area contributed by atoms with Gasteiger partial charge in [-0.3, -0.25) is 0 Å². The van der Waals surface area contributed by atoms with Gasteiger partial charge in [0.2, 0.25) is 0 Å². The van der Waals surface area contributed by atoms with Crippen LogP contribution in [0.4, 0.5) is 0 Å². The van der Waals surface area contributed by atoms with E-state index in [4.69, 9.17) is 38.7 Å². The van der Waals surface area contributed by atoms with Gasteiger partial charge in [0.25, 0.3) is 0 Å². The van der Waals surface area contributed by atoms with Crippen molar-refractivity contribution in [2.24, 2.45) is 0 Å². The number of nitrogens with zero attached hydrogens (tertiary/aromatic N) is 6. The van der Waals surface area contributed by atoms with E-state index in [0.29, 0.717) is 34.9 Å². The zero-order valence-corrected chi connectivity index (χ0v) is 57.1. The van der Waals surface area contributed by atoms with E-state index in [0.717, 1.165) is 136 Å². The maximum atomic E-state index is 7.00. The molecule has 0 aliphatic rings. The number of thiophene rings is 4. The first-order valence-corrected chi connectivity index (χ1v) is 37.0. The van der Waals surface area contributed by atoms with Crippen LogP contribution in [0.15, 0.2) is 300 Å². The molecule has 0 saturated heterocycles. The van der Waals surface area contributed by atoms with Gasteiger partial charge >= 0.3 is 0 Å². The Bertz CT molecular complexity index is 7290. The van der Waals surface area contributed by atoms with Gasteiger partial charge in [-0.15, -0.1) is 45.3 Å². The molecule has 8 aromatic heterocycles. The Morgan fingerprint density at radius 2 is 0.549 bits per heavy atom. The van der Waals surface area contributed by atoms with Crippen LogP contribution < -0.4 is 0 Å². The van der Waals surface area contributed by atoms with Gasteiger partial charge in [-0.1, -0.05) is 212 Å². The van der Waals surface area contributed by atoms with E-state index in [1.54, 1.807) is 45.3 Å². The zero-order valence-electron chi connectivity index (χ0n) is 53.8. The van der Waals surface area contributed by atoms with Crippen molar-refractivity contribution in [3.63, 3.8) is 0 Å². The first-order chi connectivity index (χ1) is 50.5. The fourth-order valence-corrected chi connectivity index (χ4v) is 19.9. The minimum atomic E-state index is 0.622. The summed E-state index contributed by atoms with van der Waals surface area (Å²) in [5, 5.41) is 13.9. The molecule has 0 N–H and O–H groups in total. The Labute approximate surface area is 597 Å². The van der Waals surface area contributed by atoms with E-state index in [1.807, 2.05) is 48.5 Å². The maximum Gasteiger partial charge on any atom is 0.165 e. The van der Waals surface area contributed by atoms with E-state index < -0.39 is 0 Å². The van der Waals surface area contributed by atoms with E-state index >= 15 is 0 Å². The van der Waals surface area contributed by atoms with Gasteiger partial charge in [-0.2, -0.15) is 0 Å². The molecule has 0 atom stereocenters. The van der Waals surface area contributed by atoms with Gasteiger partial charge in [-0.05, 0) is 101 Å². The van der Waals surface area contributed by atoms with E-state index in [2.05, 4.69) is 243 Å². The lowest BCUT2D eigenvalue weighted by molar-refractivity contribution is 0.669. The molecule has 22 aromatic rings. The fraction of sp³-hybridized carbons (Fsp3) is 0. The van der Waals surface area contributed by atoms with Gasteiger partial charge in [-0.25, -0.2) is 29.9 Å². The lowest BCUT2D eigenvalue weighted by Crippen LogP contribution is -2.00. The molecule has 14 aromatic carbocycles. The Kier molecular flexibility index (Phi) is 12.7. The lowest BCUT2D eigenvalue weighted by Gasteiger charge is -2.09. The first kappa shape index (κ1) is 57.5. The van der Waals surface area contributed by atoms with Gasteiger partial charge in [0.15, 0.2) is 34.9 Å². The Balaban J connectivity index is 0.591. The van der Waals surface area contributed by atoms with Crippen molar-refractivity contribution in [3.8, 4) is 102 Å². The highest BCUT2D eigenvalue weighted by Gasteiger charge is 2.24. The number of para-hydroxylation sites is 3. The van der Waals surface area contributed by atoms with Crippen LogP contribution in [0.25, 0.3) is 226 Å². The third-order valence-corrected chi connectivity index (χ3v) is 24.8. The van der Waals surface area contributed by atoms with Crippen molar-refractivity contribution in [1.82, 2.24) is 29.9 Å². The predicted octanol–water partition coefficient (Wildman–Crippen LogP) is 26.3. The van der Waals surface area contributed by atoms with Crippen LogP contribution in [-0.4, -0.2) is 29.9 Å². The fourth-order valence-electron chi connectivity index (χ4n) is 15.2. The first-order valence-electron chi connectivity index (χ1n) is 33.8. The van der Waals surface area contributed by atoms with Crippen molar-refractivity contribution in [2.75, 3.05) is 0 Å². The molecule has 102 heavy (non-hydrogen) atoms. The van der Waals surface area contributed by atoms with Crippen LogP contribution in [0, 0.1) is 0 Å². The summed E-state index contributed by atoms with van der Waals surface area (Å²) in [4.78, 5) is 31.6. The molecule has 0 radical (unpaired) electrons. The molecule has 0 aliphatic heterocycles. The molecule has 0 aliphatic carbocycles. The second-order valence-corrected chi connectivity index (χ2v) is 30.2. The normalized spacial score (nSPS) is 12.1. The Hall–Kier alpha value is -12.4. The zero-order chi connectivity index (χ0) is 66.7. The van der Waals surface area contributed by atoms with Gasteiger partial charge in [0.05, 0.1) is 0 Å². The molecular weight excluding hydrogens is 1330 g/mol. The van der Waals surface area contributed by atoms with E-state index in [1.165, 1.54) is 55.8 Å². The summed E-state index contributed by atoms with van der Waals surface area (Å²) in [5.74, 6) is 3.82. The lowest BCUT2D eigenvalue weighted by atomic mass is 9.99. The van der Waals surface area contributed by atoms with E-state index in [-0.39, 0.29) is 0 Å². The summed E-state index contributed by atoms with van der Waals surface area (Å²) in [6.07, 6.45) is 0. The van der Waals surface area contributed by atoms with E-state index in [9.17, 15) is 0 Å². The molecule has 0 spiro atoms. The van der Waals surface area contributed by atoms with Crippen molar-refractivity contribution in [3.05, 3.63) is 291 Å². The number of benzene rings is 14. The van der Waals surface area contributed by atoms with Crippen molar-refractivity contribution >= 4 is 170 Å². The van der Waals surface area contributed by atoms with Crippen LogP contribution in [0.3, 0.4) is 0 Å². The second-order valence-electron chi connectivity index (χ2n) is 25.9. The van der Waals surface area contributed by atoms with Gasteiger partial charge < -0.3 is 8.83 Å². The summed E-state index contributed by atoms with van der Waals surface area (Å²) < 4.78 is 22.9. The topological polar surface area (TPSA) is 104 Å². The summed E-state index contributed by atoms with van der Waals surface area (Å²) >= 11 is 7.12. The molecule has 0 bridgehead atoms. The van der Waals surface area contributed by atoms with Crippen LogP contribution in [0.5, 0.6) is 0 Å². The monoisotopic (exact) mass is 1370 g/mol. The molecule has 474 valence electrons. The molecular formula is C90H48N6O2S4. The average molecular weight is 1370 g/mol. The quantitative estimate of drug-likeness (QED) is 0.141. The highest BCUT2D eigenvalue weighted by molar-refractivity contribution is 7.27. The van der Waals surface area contributed by atoms with Crippen LogP contribution in [0.1, 0.15) is 0 Å². The Morgan fingerprint density at radius 3 is 1.11 bits per heavy atom. The smallest absolute Gasteiger partial charge is 0.165 e. The predicted molar refractivity (Wildman–Crippen MR) is 428 cm³/mol. The number of hydrogen-bond acceptors (Lipinski definition) is 12. The van der Waals surface area contributed by atoms with Crippen molar-refractivity contribution in [2.45, 2.75) is 0 Å². The summed E-state index contributed by atoms with van der Waals surface area (Å²) in [5.41, 5.74) is 15.7. The number of hydrogen-bond donors (Lipinski definition) is 0. The molecule has 0 saturated carbocycles. The summed E-state index contributed by atoms with van der Waals surface area (Å²) in [6.45, 7) is 0. The summed E-state index contributed by atoms with van der Waals surface area (Å²) in [7, 11) is 0. The molecule has 0 unspecified atom stereocenters. The third kappa shape index (κ3) is 9.10. The third-order valence-electron chi connectivity index (χ3n) is 20.0.